The molecule has 470 valence electrons. The molecule has 0 spiro atoms. The molecule has 0 radical (unpaired) electrons. The minimum Gasteiger partial charge on any atom is -0.480 e. The number of benzene rings is 1. The summed E-state index contributed by atoms with van der Waals surface area (Å²) in [6.45, 7) is 2.06. The summed E-state index contributed by atoms with van der Waals surface area (Å²) >= 11 is 0. The molecule has 9 amide bonds. The Morgan fingerprint density at radius 1 is 0.709 bits per heavy atom. The average molecular weight is 1200 g/mol. The van der Waals surface area contributed by atoms with Crippen molar-refractivity contribution in [2.75, 3.05) is 32.8 Å². The Hall–Kier alpha value is -7.78. The minimum absolute atomic E-state index is 0.0350. The predicted molar refractivity (Wildman–Crippen MR) is 312 cm³/mol. The zero-order chi connectivity index (χ0) is 62.2. The van der Waals surface area contributed by atoms with Crippen LogP contribution in [0.15, 0.2) is 53.8 Å². The third-order valence-corrected chi connectivity index (χ3v) is 17.1. The number of aliphatic hydroxyl groups is 2. The highest BCUT2D eigenvalue weighted by Crippen LogP contribution is 2.32. The van der Waals surface area contributed by atoms with Crippen LogP contribution >= 0.6 is 0 Å². The number of carboxylic acids is 1. The summed E-state index contributed by atoms with van der Waals surface area (Å²) in [5, 5.41) is 47.8. The van der Waals surface area contributed by atoms with Crippen LogP contribution in [0.1, 0.15) is 120 Å². The number of hydrogen-bond donors (Lipinski definition) is 12. The van der Waals surface area contributed by atoms with Crippen LogP contribution in [0.5, 0.6) is 0 Å². The normalized spacial score (nSPS) is 21.7. The zero-order valence-corrected chi connectivity index (χ0v) is 49.1. The molecule has 86 heavy (non-hydrogen) atoms. The molecule has 4 fully saturated rings. The van der Waals surface area contributed by atoms with Crippen LogP contribution in [0.4, 0.5) is 0 Å². The third kappa shape index (κ3) is 17.4. The van der Waals surface area contributed by atoms with Crippen LogP contribution in [-0.4, -0.2) is 193 Å². The number of nitrogens with two attached hydrogens (primary N) is 3. The Morgan fingerprint density at radius 2 is 1.36 bits per heavy atom. The number of carbonyl (C=O) groups is 10. The molecule has 1 aromatic heterocycles. The van der Waals surface area contributed by atoms with E-state index < -0.39 is 139 Å². The molecule has 0 bridgehead atoms. The number of pyridine rings is 1. The number of guanidine groups is 1. The second-order valence-corrected chi connectivity index (χ2v) is 23.8. The number of aliphatic imine (C=N–C) groups is 1. The van der Waals surface area contributed by atoms with Crippen molar-refractivity contribution in [2.24, 2.45) is 39.9 Å². The molecule has 2 saturated heterocycles. The quantitative estimate of drug-likeness (QED) is 0.0260. The number of aromatic nitrogens is 1. The lowest BCUT2D eigenvalue weighted by atomic mass is 9.91. The molecular formula is C59H86N14O13. The Bertz CT molecular complexity index is 2770. The van der Waals surface area contributed by atoms with Crippen molar-refractivity contribution in [3.63, 3.8) is 0 Å². The van der Waals surface area contributed by atoms with E-state index in [1.54, 1.807) is 42.7 Å². The maximum absolute atomic E-state index is 14.6. The van der Waals surface area contributed by atoms with E-state index in [-0.39, 0.29) is 88.9 Å². The van der Waals surface area contributed by atoms with Crippen LogP contribution in [0, 0.1) is 17.8 Å². The maximum Gasteiger partial charge on any atom is 0.326 e. The highest BCUT2D eigenvalue weighted by Gasteiger charge is 2.47. The monoisotopic (exact) mass is 1200 g/mol. The van der Waals surface area contributed by atoms with E-state index in [1.165, 1.54) is 14.7 Å². The van der Waals surface area contributed by atoms with Crippen LogP contribution < -0.4 is 49.1 Å². The summed E-state index contributed by atoms with van der Waals surface area (Å²) in [7, 11) is 0. The van der Waals surface area contributed by atoms with Gasteiger partial charge in [-0.15, -0.1) is 0 Å². The molecular weight excluding hydrogens is 1110 g/mol. The van der Waals surface area contributed by atoms with Gasteiger partial charge in [-0.2, -0.15) is 0 Å². The number of carboxylic acid groups (broad SMARTS) is 1. The molecule has 4 heterocycles. The third-order valence-electron chi connectivity index (χ3n) is 17.1. The van der Waals surface area contributed by atoms with Gasteiger partial charge in [0.05, 0.1) is 25.3 Å². The molecule has 10 atom stereocenters. The summed E-state index contributed by atoms with van der Waals surface area (Å²) in [6, 6.07) is -0.218. The van der Waals surface area contributed by atoms with Gasteiger partial charge in [0.15, 0.2) is 5.96 Å². The highest BCUT2D eigenvalue weighted by atomic mass is 16.4. The Morgan fingerprint density at radius 3 is 2.00 bits per heavy atom. The number of amides is 9. The van der Waals surface area contributed by atoms with E-state index in [1.807, 2.05) is 19.9 Å². The van der Waals surface area contributed by atoms with Crippen molar-refractivity contribution in [1.82, 2.24) is 51.6 Å². The van der Waals surface area contributed by atoms with E-state index in [4.69, 9.17) is 17.2 Å². The number of carbonyl (C=O) groups excluding carboxylic acids is 9. The summed E-state index contributed by atoms with van der Waals surface area (Å²) < 4.78 is 0. The van der Waals surface area contributed by atoms with Crippen molar-refractivity contribution in [3.05, 3.63) is 65.5 Å². The van der Waals surface area contributed by atoms with Gasteiger partial charge in [-0.05, 0) is 105 Å². The van der Waals surface area contributed by atoms with Crippen LogP contribution in [0.3, 0.4) is 0 Å². The average Bonchev–Trinajstić information content (AvgIpc) is 1.85. The molecule has 15 N–H and O–H groups in total. The fourth-order valence-electron chi connectivity index (χ4n) is 12.6. The summed E-state index contributed by atoms with van der Waals surface area (Å²) in [4.78, 5) is 151. The van der Waals surface area contributed by atoms with Gasteiger partial charge in [0.25, 0.3) is 0 Å². The summed E-state index contributed by atoms with van der Waals surface area (Å²) in [6.07, 6.45) is 8.51. The standard InChI is InChI=1S/C59H86N14O13/c1-33(2)24-42(67-50(77)40(60)25-34-12-9-21-63-28-34)51(78)66-41(19-10-22-64-59(61)62)55(82)71-23-11-20-44(71)57(84)73-31-39(75)27-46(73)52(79)65-29-47(76)69-48(35-13-3-4-14-35)54(81)68-43(32-74)56(83)72-30-38-18-8-7-17-37(38)26-45(72)53(80)70-49(58(85)86)36-15-5-6-16-36/h7-9,12,17-18,21,28,33,35-36,39-46,48-49,74-75H,3-6,10-11,13-16,19-20,22-27,29-32,60H2,1-2H3,(H,65,79)(H,66,78)(H,67,77)(H,68,81)(H,69,76)(H,70,80)(H,85,86)(H4,61,62,64)/t39-,40-,41+,42+,43+,44+,45-,46+,48?,49?/m1/s1. The van der Waals surface area contributed by atoms with Gasteiger partial charge in [-0.1, -0.05) is 69.9 Å². The maximum atomic E-state index is 14.6. The number of aliphatic hydroxyl groups excluding tert-OH is 2. The number of likely N-dealkylation sites (tertiary alicyclic amines) is 2. The first-order valence-electron chi connectivity index (χ1n) is 30.1. The highest BCUT2D eigenvalue weighted by molar-refractivity contribution is 5.99. The molecule has 3 aliphatic heterocycles. The van der Waals surface area contributed by atoms with Gasteiger partial charge in [0.1, 0.15) is 48.3 Å². The molecule has 1 aromatic carbocycles. The molecule has 2 aliphatic carbocycles. The van der Waals surface area contributed by atoms with Crippen molar-refractivity contribution in [1.29, 1.82) is 0 Å². The minimum atomic E-state index is -1.58. The first-order valence-corrected chi connectivity index (χ1v) is 30.1. The van der Waals surface area contributed by atoms with Crippen LogP contribution in [0.25, 0.3) is 0 Å². The molecule has 5 aliphatic rings. The molecule has 7 rings (SSSR count). The number of aliphatic carboxylic acids is 1. The smallest absolute Gasteiger partial charge is 0.326 e. The zero-order valence-electron chi connectivity index (χ0n) is 49.1. The van der Waals surface area contributed by atoms with Gasteiger partial charge in [-0.25, -0.2) is 4.79 Å². The fraction of sp³-hybridized carbons (Fsp3) is 0.627. The molecule has 2 aromatic rings. The van der Waals surface area contributed by atoms with E-state index in [2.05, 4.69) is 41.9 Å². The number of hydrogen-bond acceptors (Lipinski definition) is 15. The van der Waals surface area contributed by atoms with Crippen molar-refractivity contribution >= 4 is 65.1 Å². The van der Waals surface area contributed by atoms with Crippen molar-refractivity contribution in [3.8, 4) is 0 Å². The predicted octanol–water partition coefficient (Wildman–Crippen LogP) is -2.05. The Kier molecular flexibility index (Phi) is 23.7. The van der Waals surface area contributed by atoms with Gasteiger partial charge < -0.3 is 79.1 Å². The summed E-state index contributed by atoms with van der Waals surface area (Å²) in [5.41, 5.74) is 19.6. The van der Waals surface area contributed by atoms with E-state index in [9.17, 15) is 63.3 Å². The number of fused-ring (bicyclic) bond motifs is 1. The van der Waals surface area contributed by atoms with Crippen LogP contribution in [-0.2, 0) is 67.3 Å². The van der Waals surface area contributed by atoms with Crippen molar-refractivity contribution in [2.45, 2.75) is 184 Å². The molecule has 2 unspecified atom stereocenters. The Labute approximate surface area is 500 Å². The van der Waals surface area contributed by atoms with Gasteiger partial charge in [0, 0.05) is 51.4 Å². The van der Waals surface area contributed by atoms with E-state index in [0.29, 0.717) is 37.7 Å². The van der Waals surface area contributed by atoms with Crippen LogP contribution in [0.2, 0.25) is 0 Å². The largest absolute Gasteiger partial charge is 0.480 e. The molecule has 27 heteroatoms. The van der Waals surface area contributed by atoms with E-state index >= 15 is 0 Å². The SMILES string of the molecule is CC(C)C[C@H](NC(=O)[C@H](N)Cc1cccnc1)C(=O)N[C@@H](CCCN=C(N)N)C(=O)N1CCC[C@H]1C(=O)N1C[C@H](O)C[C@H]1C(=O)NCC(=O)NC(C(=O)N[C@@H](CO)C(=O)N1Cc2ccccc2C[C@@H]1C(=O)NC(C(=O)O)C1CCCC1)C1CCCC1. The lowest BCUT2D eigenvalue weighted by Gasteiger charge is -2.38. The van der Waals surface area contributed by atoms with Gasteiger partial charge in [0.2, 0.25) is 53.2 Å². The fourth-order valence-corrected chi connectivity index (χ4v) is 12.6. The second kappa shape index (κ2) is 31.0. The molecule has 2 saturated carbocycles. The first-order chi connectivity index (χ1) is 41.1. The first kappa shape index (κ1) is 65.8. The molecule has 27 nitrogen and oxygen atoms in total. The van der Waals surface area contributed by atoms with Gasteiger partial charge in [-0.3, -0.25) is 53.1 Å². The topological polar surface area (TPSA) is 417 Å². The summed E-state index contributed by atoms with van der Waals surface area (Å²) in [5.74, 6) is -8.48. The number of nitrogens with zero attached hydrogens (tertiary/aromatic N) is 5. The second-order valence-electron chi connectivity index (χ2n) is 23.8. The van der Waals surface area contributed by atoms with Gasteiger partial charge >= 0.3 is 5.97 Å². The van der Waals surface area contributed by atoms with E-state index in [0.717, 1.165) is 36.8 Å². The Balaban J connectivity index is 0.988. The lowest BCUT2D eigenvalue weighted by molar-refractivity contribution is -0.148. The van der Waals surface area contributed by atoms with Crippen molar-refractivity contribution < 1.29 is 63.3 Å². The lowest BCUT2D eigenvalue weighted by Crippen LogP contribution is -2.62. The number of nitrogens with one attached hydrogen (secondary N) is 6. The number of rotatable bonds is 27. The number of β-amino-alcohol motifs (C(OH)–C–C–N with tert-alkyl or cyclic N) is 1.